The minimum atomic E-state index is -3.79. The fraction of sp³-hybridized carbons (Fsp3) is 0.433. The van der Waals surface area contributed by atoms with Gasteiger partial charge in [0.05, 0.1) is 30.5 Å². The molecule has 1 aliphatic heterocycles. The molecule has 1 heterocycles. The van der Waals surface area contributed by atoms with Crippen LogP contribution in [0.25, 0.3) is 16.7 Å². The number of allylic oxidation sites excluding steroid dienone is 2. The number of carbonyl (C=O) groups excluding carboxylic acids is 1. The normalized spacial score (nSPS) is 16.5. The van der Waals surface area contributed by atoms with Crippen LogP contribution in [-0.4, -0.2) is 44.5 Å². The van der Waals surface area contributed by atoms with Gasteiger partial charge in [0, 0.05) is 11.1 Å². The molecule has 1 aliphatic rings. The van der Waals surface area contributed by atoms with E-state index < -0.39 is 27.4 Å². The summed E-state index contributed by atoms with van der Waals surface area (Å²) in [5.41, 5.74) is 5.65. The number of hydrogen-bond acceptors (Lipinski definition) is 5. The van der Waals surface area contributed by atoms with Gasteiger partial charge in [-0.25, -0.2) is 12.8 Å². The molecular weight excluding hydrogens is 505 g/mol. The highest BCUT2D eigenvalue weighted by Gasteiger charge is 2.36. The van der Waals surface area contributed by atoms with Gasteiger partial charge in [-0.15, -0.1) is 0 Å². The van der Waals surface area contributed by atoms with Crippen molar-refractivity contribution >= 4 is 27.3 Å². The van der Waals surface area contributed by atoms with Crippen LogP contribution >= 0.6 is 0 Å². The number of esters is 1. The van der Waals surface area contributed by atoms with Crippen molar-refractivity contribution < 1.29 is 27.4 Å². The van der Waals surface area contributed by atoms with E-state index in [1.165, 1.54) is 11.2 Å². The Hall–Kier alpha value is -2.97. The monoisotopic (exact) mass is 543 g/mol. The highest BCUT2D eigenvalue weighted by atomic mass is 32.2. The number of carbonyl (C=O) groups is 1. The maximum absolute atomic E-state index is 14.9. The fourth-order valence-corrected chi connectivity index (χ4v) is 5.86. The quantitative estimate of drug-likeness (QED) is 0.436. The summed E-state index contributed by atoms with van der Waals surface area (Å²) in [6.45, 7) is 11.8. The number of sulfonamides is 1. The van der Waals surface area contributed by atoms with E-state index in [2.05, 4.69) is 0 Å². The summed E-state index contributed by atoms with van der Waals surface area (Å²) in [5.74, 6) is -0.966. The standard InChI is InChI=1S/C30H38FNO5S/c1-9-10-23-25(21(5)31)16-32(38(8,35)36)29-19(3)24(15-26(33)37-17-30(6,7)34)27(20(4)28(23)29)22-13-11-18(2)12-14-22/h10-14,34H,9,15-17H2,1-8H3/b23-10?,25-21+. The molecule has 0 spiro atoms. The number of hydrogen-bond donors (Lipinski definition) is 1. The van der Waals surface area contributed by atoms with Crippen molar-refractivity contribution in [3.05, 3.63) is 69.6 Å². The molecule has 1 N–H and O–H groups in total. The summed E-state index contributed by atoms with van der Waals surface area (Å²) < 4.78 is 47.5. The van der Waals surface area contributed by atoms with Gasteiger partial charge in [0.25, 0.3) is 0 Å². The first kappa shape index (κ1) is 29.6. The molecule has 6 nitrogen and oxygen atoms in total. The Balaban J connectivity index is 2.43. The Morgan fingerprint density at radius 3 is 2.24 bits per heavy atom. The number of aryl methyl sites for hydroxylation is 1. The van der Waals surface area contributed by atoms with Crippen molar-refractivity contribution in [3.8, 4) is 11.1 Å². The number of ether oxygens (including phenoxy) is 1. The summed E-state index contributed by atoms with van der Waals surface area (Å²) in [6.07, 6.45) is 3.55. The third kappa shape index (κ3) is 6.18. The summed E-state index contributed by atoms with van der Waals surface area (Å²) in [4.78, 5) is 13.0. The topological polar surface area (TPSA) is 83.9 Å². The highest BCUT2D eigenvalue weighted by Crippen LogP contribution is 2.49. The van der Waals surface area contributed by atoms with Gasteiger partial charge < -0.3 is 9.84 Å². The van der Waals surface area contributed by atoms with Crippen LogP contribution in [0.5, 0.6) is 0 Å². The van der Waals surface area contributed by atoms with Gasteiger partial charge >= 0.3 is 5.97 Å². The van der Waals surface area contributed by atoms with Crippen molar-refractivity contribution in [2.24, 2.45) is 0 Å². The predicted octanol–water partition coefficient (Wildman–Crippen LogP) is 5.95. The van der Waals surface area contributed by atoms with E-state index in [4.69, 9.17) is 4.74 Å². The molecule has 0 fully saturated rings. The molecule has 0 saturated carbocycles. The summed E-state index contributed by atoms with van der Waals surface area (Å²) in [7, 11) is -3.79. The van der Waals surface area contributed by atoms with Crippen LogP contribution in [0.4, 0.5) is 10.1 Å². The van der Waals surface area contributed by atoms with E-state index in [9.17, 15) is 22.7 Å². The minimum Gasteiger partial charge on any atom is -0.462 e. The van der Waals surface area contributed by atoms with Gasteiger partial charge in [-0.1, -0.05) is 42.8 Å². The highest BCUT2D eigenvalue weighted by molar-refractivity contribution is 7.92. The zero-order valence-corrected chi connectivity index (χ0v) is 24.3. The van der Waals surface area contributed by atoms with Crippen molar-refractivity contribution in [2.45, 2.75) is 66.9 Å². The first-order valence-corrected chi connectivity index (χ1v) is 14.6. The summed E-state index contributed by atoms with van der Waals surface area (Å²) in [6, 6.07) is 7.88. The Bertz CT molecular complexity index is 1410. The minimum absolute atomic E-state index is 0.117. The number of benzene rings is 2. The van der Waals surface area contributed by atoms with E-state index in [1.54, 1.807) is 20.8 Å². The Labute approximate surface area is 225 Å². The van der Waals surface area contributed by atoms with Crippen molar-refractivity contribution in [1.82, 2.24) is 0 Å². The molecule has 0 atom stereocenters. The predicted molar refractivity (Wildman–Crippen MR) is 151 cm³/mol. The molecule has 0 unspecified atom stereocenters. The van der Waals surface area contributed by atoms with Gasteiger partial charge in [-0.2, -0.15) is 0 Å². The molecule has 38 heavy (non-hydrogen) atoms. The lowest BCUT2D eigenvalue weighted by atomic mass is 9.79. The first-order valence-electron chi connectivity index (χ1n) is 12.7. The number of anilines is 1. The van der Waals surface area contributed by atoms with Crippen molar-refractivity contribution in [1.29, 1.82) is 0 Å². The third-order valence-corrected chi connectivity index (χ3v) is 7.83. The molecule has 2 aromatic rings. The SMILES string of the molecule is CCC=C1/C(=C(\C)F)CN(S(C)(=O)=O)c2c(C)c(CC(=O)OCC(C)(C)O)c(-c3ccc(C)cc3)c(C)c21. The smallest absolute Gasteiger partial charge is 0.310 e. The maximum atomic E-state index is 14.9. The van der Waals surface area contributed by atoms with Gasteiger partial charge in [-0.3, -0.25) is 9.10 Å². The lowest BCUT2D eigenvalue weighted by Crippen LogP contribution is -2.37. The molecular formula is C30H38FNO5S. The van der Waals surface area contributed by atoms with Crippen molar-refractivity contribution in [2.75, 3.05) is 23.7 Å². The molecule has 0 amide bonds. The van der Waals surface area contributed by atoms with Crippen LogP contribution in [0.1, 0.15) is 61.9 Å². The second-order valence-electron chi connectivity index (χ2n) is 10.7. The zero-order chi connectivity index (χ0) is 28.6. The van der Waals surface area contributed by atoms with E-state index in [0.29, 0.717) is 39.9 Å². The summed E-state index contributed by atoms with van der Waals surface area (Å²) in [5, 5.41) is 10.0. The second-order valence-corrected chi connectivity index (χ2v) is 12.6. The lowest BCUT2D eigenvalue weighted by molar-refractivity contribution is -0.149. The van der Waals surface area contributed by atoms with Gasteiger partial charge in [0.1, 0.15) is 12.4 Å². The average molecular weight is 544 g/mol. The molecule has 0 saturated heterocycles. The third-order valence-electron chi connectivity index (χ3n) is 6.71. The van der Waals surface area contributed by atoms with Crippen LogP contribution in [0.15, 0.2) is 41.7 Å². The molecule has 2 aromatic carbocycles. The van der Waals surface area contributed by atoms with Gasteiger partial charge in [0.2, 0.25) is 10.0 Å². The Morgan fingerprint density at radius 1 is 1.13 bits per heavy atom. The Morgan fingerprint density at radius 2 is 1.74 bits per heavy atom. The molecule has 0 radical (unpaired) electrons. The molecule has 8 heteroatoms. The van der Waals surface area contributed by atoms with Gasteiger partial charge in [-0.05, 0) is 81.4 Å². The first-order chi connectivity index (χ1) is 17.6. The second kappa shape index (κ2) is 11.0. The van der Waals surface area contributed by atoms with E-state index >= 15 is 0 Å². The molecule has 3 rings (SSSR count). The van der Waals surface area contributed by atoms with Crippen LogP contribution in [0, 0.1) is 20.8 Å². The van der Waals surface area contributed by atoms with E-state index in [-0.39, 0.29) is 19.6 Å². The van der Waals surface area contributed by atoms with E-state index in [0.717, 1.165) is 28.5 Å². The zero-order valence-electron chi connectivity index (χ0n) is 23.5. The number of nitrogens with zero attached hydrogens (tertiary/aromatic N) is 1. The lowest BCUT2D eigenvalue weighted by Gasteiger charge is -2.37. The molecule has 0 aliphatic carbocycles. The number of fused-ring (bicyclic) bond motifs is 1. The largest absolute Gasteiger partial charge is 0.462 e. The number of aliphatic hydroxyl groups is 1. The van der Waals surface area contributed by atoms with Crippen LogP contribution in [0.3, 0.4) is 0 Å². The van der Waals surface area contributed by atoms with Gasteiger partial charge in [0.15, 0.2) is 0 Å². The maximum Gasteiger partial charge on any atom is 0.310 e. The van der Waals surface area contributed by atoms with Crippen molar-refractivity contribution in [3.63, 3.8) is 0 Å². The average Bonchev–Trinajstić information content (AvgIpc) is 2.80. The molecule has 0 aromatic heterocycles. The Kier molecular flexibility index (Phi) is 8.58. The molecule has 0 bridgehead atoms. The fourth-order valence-electron chi connectivity index (χ4n) is 4.94. The van der Waals surface area contributed by atoms with Crippen LogP contribution < -0.4 is 4.31 Å². The number of halogens is 1. The molecule has 206 valence electrons. The number of rotatable bonds is 7. The summed E-state index contributed by atoms with van der Waals surface area (Å²) >= 11 is 0. The van der Waals surface area contributed by atoms with E-state index in [1.807, 2.05) is 51.1 Å². The van der Waals surface area contributed by atoms with Crippen LogP contribution in [-0.2, 0) is 26.0 Å². The van der Waals surface area contributed by atoms with Crippen LogP contribution in [0.2, 0.25) is 0 Å².